The number of nitrogens with zero attached hydrogens (tertiary/aromatic N) is 1. The van der Waals surface area contributed by atoms with E-state index < -0.39 is 0 Å². The molecule has 2 aliphatic rings. The molecular formula is C15H16N2OS. The van der Waals surface area contributed by atoms with Crippen LogP contribution in [0.3, 0.4) is 0 Å². The molecule has 0 saturated heterocycles. The zero-order chi connectivity index (χ0) is 12.7. The number of benzene rings is 1. The predicted molar refractivity (Wildman–Crippen MR) is 77.1 cm³/mol. The number of aromatic nitrogens is 1. The molecule has 1 aromatic carbocycles. The lowest BCUT2D eigenvalue weighted by molar-refractivity contribution is 0.305. The van der Waals surface area contributed by atoms with E-state index in [1.165, 1.54) is 35.3 Å². The summed E-state index contributed by atoms with van der Waals surface area (Å²) in [5, 5.41) is 4.36. The normalized spacial score (nSPS) is 16.0. The van der Waals surface area contributed by atoms with Gasteiger partial charge >= 0.3 is 0 Å². The highest BCUT2D eigenvalue weighted by molar-refractivity contribution is 7.12. The van der Waals surface area contributed by atoms with E-state index in [4.69, 9.17) is 4.74 Å². The monoisotopic (exact) mass is 272 g/mol. The number of hydrogen-bond acceptors (Lipinski definition) is 4. The van der Waals surface area contributed by atoms with Crippen molar-refractivity contribution in [3.8, 4) is 5.75 Å². The highest BCUT2D eigenvalue weighted by Crippen LogP contribution is 2.30. The summed E-state index contributed by atoms with van der Waals surface area (Å²) >= 11 is 1.77. The molecule has 4 heteroatoms. The van der Waals surface area contributed by atoms with Crippen LogP contribution < -0.4 is 10.1 Å². The lowest BCUT2D eigenvalue weighted by Gasteiger charge is -2.06. The standard InChI is InChI=1S/C15H16N2OS/c1-2-10-4-5-12(8-11(10)3-1)18-9-14-17-15-13(19-14)6-7-16-15/h4-5,8,16H,1-3,6-7,9H2. The van der Waals surface area contributed by atoms with E-state index in [1.807, 2.05) is 0 Å². The molecule has 0 atom stereocenters. The molecule has 0 spiro atoms. The van der Waals surface area contributed by atoms with Crippen LogP contribution in [0.2, 0.25) is 0 Å². The van der Waals surface area contributed by atoms with Gasteiger partial charge in [0.1, 0.15) is 23.2 Å². The molecule has 1 aromatic heterocycles. The Morgan fingerprint density at radius 1 is 1.21 bits per heavy atom. The smallest absolute Gasteiger partial charge is 0.140 e. The van der Waals surface area contributed by atoms with Crippen LogP contribution >= 0.6 is 11.3 Å². The van der Waals surface area contributed by atoms with Crippen LogP contribution in [0.5, 0.6) is 5.75 Å². The van der Waals surface area contributed by atoms with E-state index in [2.05, 4.69) is 28.5 Å². The zero-order valence-electron chi connectivity index (χ0n) is 10.7. The maximum atomic E-state index is 5.87. The third-order valence-electron chi connectivity index (χ3n) is 3.82. The number of rotatable bonds is 3. The van der Waals surface area contributed by atoms with Crippen LogP contribution in [-0.2, 0) is 25.9 Å². The fourth-order valence-electron chi connectivity index (χ4n) is 2.85. The first-order valence-electron chi connectivity index (χ1n) is 6.85. The summed E-state index contributed by atoms with van der Waals surface area (Å²) in [7, 11) is 0. The van der Waals surface area contributed by atoms with Gasteiger partial charge in [-0.05, 0) is 42.5 Å². The molecule has 4 rings (SSSR count). The summed E-state index contributed by atoms with van der Waals surface area (Å²) < 4.78 is 5.87. The maximum absolute atomic E-state index is 5.87. The molecule has 2 heterocycles. The minimum atomic E-state index is 0.581. The van der Waals surface area contributed by atoms with Gasteiger partial charge in [0.25, 0.3) is 0 Å². The van der Waals surface area contributed by atoms with Gasteiger partial charge in [-0.15, -0.1) is 11.3 Å². The number of anilines is 1. The fourth-order valence-corrected chi connectivity index (χ4v) is 3.81. The van der Waals surface area contributed by atoms with Crippen molar-refractivity contribution in [1.29, 1.82) is 0 Å². The van der Waals surface area contributed by atoms with Crippen molar-refractivity contribution in [2.24, 2.45) is 0 Å². The van der Waals surface area contributed by atoms with Crippen molar-refractivity contribution in [3.63, 3.8) is 0 Å². The molecule has 1 aliphatic carbocycles. The average molecular weight is 272 g/mol. The fraction of sp³-hybridized carbons (Fsp3) is 0.400. The SMILES string of the molecule is c1cc2c(cc1OCc1nc3c(s1)CCN3)CCC2. The van der Waals surface area contributed by atoms with Crippen molar-refractivity contribution in [2.75, 3.05) is 11.9 Å². The molecule has 19 heavy (non-hydrogen) atoms. The first kappa shape index (κ1) is 11.3. The molecule has 0 radical (unpaired) electrons. The van der Waals surface area contributed by atoms with Gasteiger partial charge in [-0.2, -0.15) is 0 Å². The van der Waals surface area contributed by atoms with Crippen molar-refractivity contribution in [1.82, 2.24) is 4.98 Å². The molecule has 0 bridgehead atoms. The van der Waals surface area contributed by atoms with Crippen molar-refractivity contribution >= 4 is 17.2 Å². The van der Waals surface area contributed by atoms with E-state index >= 15 is 0 Å². The van der Waals surface area contributed by atoms with Crippen molar-refractivity contribution in [2.45, 2.75) is 32.3 Å². The lowest BCUT2D eigenvalue weighted by atomic mass is 10.1. The molecule has 2 aromatic rings. The Kier molecular flexibility index (Phi) is 2.69. The summed E-state index contributed by atoms with van der Waals surface area (Å²) in [5.74, 6) is 2.04. The minimum Gasteiger partial charge on any atom is -0.486 e. The Morgan fingerprint density at radius 2 is 2.16 bits per heavy atom. The molecule has 1 aliphatic heterocycles. The summed E-state index contributed by atoms with van der Waals surface area (Å²) in [4.78, 5) is 5.93. The van der Waals surface area contributed by atoms with Crippen molar-refractivity contribution in [3.05, 3.63) is 39.2 Å². The van der Waals surface area contributed by atoms with Gasteiger partial charge in [0, 0.05) is 13.0 Å². The van der Waals surface area contributed by atoms with Crippen LogP contribution in [0.15, 0.2) is 18.2 Å². The molecule has 3 nitrogen and oxygen atoms in total. The first-order valence-corrected chi connectivity index (χ1v) is 7.67. The Labute approximate surface area is 116 Å². The quantitative estimate of drug-likeness (QED) is 0.932. The lowest BCUT2D eigenvalue weighted by Crippen LogP contribution is -1.98. The van der Waals surface area contributed by atoms with E-state index in [1.54, 1.807) is 11.3 Å². The average Bonchev–Trinajstić information content (AvgIpc) is 3.10. The third-order valence-corrected chi connectivity index (χ3v) is 4.91. The molecule has 0 unspecified atom stereocenters. The summed E-state index contributed by atoms with van der Waals surface area (Å²) in [6, 6.07) is 6.49. The highest BCUT2D eigenvalue weighted by atomic mass is 32.1. The number of ether oxygens (including phenoxy) is 1. The van der Waals surface area contributed by atoms with Gasteiger partial charge in [-0.1, -0.05) is 6.07 Å². The molecular weight excluding hydrogens is 256 g/mol. The second kappa shape index (κ2) is 4.53. The number of aryl methyl sites for hydroxylation is 2. The zero-order valence-corrected chi connectivity index (χ0v) is 11.6. The Hall–Kier alpha value is -1.55. The van der Waals surface area contributed by atoms with Crippen LogP contribution in [0, 0.1) is 0 Å². The van der Waals surface area contributed by atoms with Gasteiger partial charge in [-0.3, -0.25) is 0 Å². The second-order valence-electron chi connectivity index (χ2n) is 5.13. The minimum absolute atomic E-state index is 0.581. The van der Waals surface area contributed by atoms with Gasteiger partial charge in [0.2, 0.25) is 0 Å². The molecule has 98 valence electrons. The summed E-state index contributed by atoms with van der Waals surface area (Å²) in [5.41, 5.74) is 2.95. The number of nitrogens with one attached hydrogen (secondary N) is 1. The largest absolute Gasteiger partial charge is 0.486 e. The van der Waals surface area contributed by atoms with Crippen LogP contribution in [0.25, 0.3) is 0 Å². The summed E-state index contributed by atoms with van der Waals surface area (Å²) in [6.07, 6.45) is 4.80. The van der Waals surface area contributed by atoms with Gasteiger partial charge in [-0.25, -0.2) is 4.98 Å². The molecule has 0 fully saturated rings. The number of hydrogen-bond donors (Lipinski definition) is 1. The van der Waals surface area contributed by atoms with E-state index in [9.17, 15) is 0 Å². The van der Waals surface area contributed by atoms with Crippen molar-refractivity contribution < 1.29 is 4.74 Å². The topological polar surface area (TPSA) is 34.1 Å². The molecule has 0 amide bonds. The van der Waals surface area contributed by atoms with Crippen LogP contribution in [-0.4, -0.2) is 11.5 Å². The number of thiazole rings is 1. The third kappa shape index (κ3) is 2.10. The van der Waals surface area contributed by atoms with Gasteiger partial charge in [0.15, 0.2) is 0 Å². The maximum Gasteiger partial charge on any atom is 0.140 e. The summed E-state index contributed by atoms with van der Waals surface area (Å²) in [6.45, 7) is 1.61. The second-order valence-corrected chi connectivity index (χ2v) is 6.30. The Bertz CT molecular complexity index is 599. The Balaban J connectivity index is 1.46. The molecule has 0 saturated carbocycles. The van der Waals surface area contributed by atoms with Crippen LogP contribution in [0.4, 0.5) is 5.82 Å². The highest BCUT2D eigenvalue weighted by Gasteiger charge is 2.16. The van der Waals surface area contributed by atoms with Gasteiger partial charge < -0.3 is 10.1 Å². The van der Waals surface area contributed by atoms with E-state index in [0.717, 1.165) is 29.5 Å². The van der Waals surface area contributed by atoms with Crippen LogP contribution in [0.1, 0.15) is 27.4 Å². The first-order chi connectivity index (χ1) is 9.38. The van der Waals surface area contributed by atoms with Gasteiger partial charge in [0.05, 0.1) is 4.88 Å². The number of fused-ring (bicyclic) bond motifs is 2. The van der Waals surface area contributed by atoms with E-state index in [0.29, 0.717) is 6.61 Å². The Morgan fingerprint density at radius 3 is 3.11 bits per heavy atom. The predicted octanol–water partition coefficient (Wildman–Crippen LogP) is 3.18. The molecule has 1 N–H and O–H groups in total. The van der Waals surface area contributed by atoms with E-state index in [-0.39, 0.29) is 0 Å².